The summed E-state index contributed by atoms with van der Waals surface area (Å²) in [6, 6.07) is 2.05. The van der Waals surface area contributed by atoms with Crippen molar-refractivity contribution < 1.29 is 4.74 Å². The summed E-state index contributed by atoms with van der Waals surface area (Å²) in [6.07, 6.45) is 2.28. The average molecular weight is 339 g/mol. The van der Waals surface area contributed by atoms with Crippen LogP contribution in [-0.2, 0) is 0 Å². The Morgan fingerprint density at radius 3 is 3.32 bits per heavy atom. The van der Waals surface area contributed by atoms with E-state index in [2.05, 4.69) is 32.7 Å². The van der Waals surface area contributed by atoms with Crippen LogP contribution in [0.1, 0.15) is 19.0 Å². The van der Waals surface area contributed by atoms with Gasteiger partial charge in [-0.25, -0.2) is 4.98 Å². The van der Waals surface area contributed by atoms with Gasteiger partial charge in [0, 0.05) is 31.8 Å². The van der Waals surface area contributed by atoms with Crippen molar-refractivity contribution in [2.45, 2.75) is 19.4 Å². The van der Waals surface area contributed by atoms with E-state index in [-0.39, 0.29) is 0 Å². The quantitative estimate of drug-likeness (QED) is 0.628. The Kier molecular flexibility index (Phi) is 4.75. The zero-order chi connectivity index (χ0) is 15.5. The SMILES string of the molecule is CC1CN(C(=S)N/N=C2/CCOc3cc(Cl)cnc32)CC[N-]1. The third-order valence-corrected chi connectivity index (χ3v) is 4.11. The van der Waals surface area contributed by atoms with Crippen molar-refractivity contribution in [2.24, 2.45) is 5.10 Å². The zero-order valence-electron chi connectivity index (χ0n) is 12.3. The van der Waals surface area contributed by atoms with Crippen LogP contribution in [0, 0.1) is 0 Å². The summed E-state index contributed by atoms with van der Waals surface area (Å²) in [5.41, 5.74) is 4.52. The Morgan fingerprint density at radius 2 is 2.50 bits per heavy atom. The zero-order valence-corrected chi connectivity index (χ0v) is 13.8. The Labute approximate surface area is 139 Å². The van der Waals surface area contributed by atoms with Gasteiger partial charge in [-0.05, 0) is 12.2 Å². The lowest BCUT2D eigenvalue weighted by molar-refractivity contribution is 0.318. The monoisotopic (exact) mass is 338 g/mol. The van der Waals surface area contributed by atoms with Crippen molar-refractivity contribution in [1.29, 1.82) is 0 Å². The number of rotatable bonds is 1. The molecule has 0 amide bonds. The lowest BCUT2D eigenvalue weighted by Gasteiger charge is -2.42. The lowest BCUT2D eigenvalue weighted by Crippen LogP contribution is -2.46. The smallest absolute Gasteiger partial charge is 0.189 e. The first-order valence-electron chi connectivity index (χ1n) is 7.20. The minimum atomic E-state index is 0.300. The van der Waals surface area contributed by atoms with Crippen LogP contribution in [0.4, 0.5) is 0 Å². The summed E-state index contributed by atoms with van der Waals surface area (Å²) in [4.78, 5) is 6.39. The molecule has 1 N–H and O–H groups in total. The molecule has 1 unspecified atom stereocenters. The molecule has 0 spiro atoms. The predicted octanol–water partition coefficient (Wildman–Crippen LogP) is 2.17. The average Bonchev–Trinajstić information content (AvgIpc) is 2.52. The molecule has 6 nitrogen and oxygen atoms in total. The first kappa shape index (κ1) is 15.5. The maximum absolute atomic E-state index is 5.93. The molecule has 0 aromatic carbocycles. The Hall–Kier alpha value is -1.44. The Bertz CT molecular complexity index is 609. The highest BCUT2D eigenvalue weighted by molar-refractivity contribution is 7.80. The van der Waals surface area contributed by atoms with E-state index < -0.39 is 0 Å². The number of hydrogen-bond donors (Lipinski definition) is 1. The Morgan fingerprint density at radius 1 is 1.64 bits per heavy atom. The molecule has 22 heavy (non-hydrogen) atoms. The van der Waals surface area contributed by atoms with E-state index in [1.54, 1.807) is 12.3 Å². The number of hydrogen-bond acceptors (Lipinski definition) is 4. The number of nitrogens with one attached hydrogen (secondary N) is 1. The van der Waals surface area contributed by atoms with Crippen LogP contribution < -0.4 is 10.2 Å². The summed E-state index contributed by atoms with van der Waals surface area (Å²) < 4.78 is 5.56. The molecule has 3 rings (SSSR count). The topological polar surface area (TPSA) is 63.9 Å². The van der Waals surface area contributed by atoms with Crippen molar-refractivity contribution in [3.05, 3.63) is 28.3 Å². The van der Waals surface area contributed by atoms with Crippen molar-refractivity contribution in [3.8, 4) is 5.75 Å². The molecule has 0 aliphatic carbocycles. The van der Waals surface area contributed by atoms with Crippen LogP contribution in [0.3, 0.4) is 0 Å². The number of piperazine rings is 1. The summed E-state index contributed by atoms with van der Waals surface area (Å²) in [5, 5.41) is 10.0. The fourth-order valence-corrected chi connectivity index (χ4v) is 2.83. The van der Waals surface area contributed by atoms with Gasteiger partial charge >= 0.3 is 0 Å². The molecular weight excluding hydrogens is 322 g/mol. The standard InChI is InChI=1S/C14H17ClN5OS/c1-9-8-20(4-3-16-9)14(22)19-18-11-2-5-21-12-6-10(15)7-17-13(11)12/h6-7,9H,2-5,8H2,1H3,(H,19,22)/q-1/b18-11-. The largest absolute Gasteiger partial charge is 0.657 e. The van der Waals surface area contributed by atoms with Gasteiger partial charge in [0.1, 0.15) is 11.4 Å². The van der Waals surface area contributed by atoms with Gasteiger partial charge in [-0.3, -0.25) is 5.43 Å². The fourth-order valence-electron chi connectivity index (χ4n) is 2.47. The van der Waals surface area contributed by atoms with E-state index in [4.69, 9.17) is 28.6 Å². The van der Waals surface area contributed by atoms with Gasteiger partial charge in [-0.2, -0.15) is 5.10 Å². The molecule has 3 heterocycles. The fraction of sp³-hybridized carbons (Fsp3) is 0.500. The highest BCUT2D eigenvalue weighted by Crippen LogP contribution is 2.25. The number of aromatic nitrogens is 1. The number of thiocarbonyl (C=S) groups is 1. The minimum absolute atomic E-state index is 0.300. The summed E-state index contributed by atoms with van der Waals surface area (Å²) in [5.74, 6) is 0.663. The molecule has 8 heteroatoms. The first-order chi connectivity index (χ1) is 10.6. The van der Waals surface area contributed by atoms with Gasteiger partial charge < -0.3 is 15.0 Å². The molecule has 1 aromatic heterocycles. The van der Waals surface area contributed by atoms with Gasteiger partial charge in [0.15, 0.2) is 5.11 Å². The highest BCUT2D eigenvalue weighted by atomic mass is 35.5. The predicted molar refractivity (Wildman–Crippen MR) is 90.9 cm³/mol. The molecule has 2 aliphatic rings. The van der Waals surface area contributed by atoms with Crippen LogP contribution in [-0.4, -0.2) is 53.0 Å². The Balaban J connectivity index is 1.70. The van der Waals surface area contributed by atoms with E-state index in [1.807, 2.05) is 0 Å². The van der Waals surface area contributed by atoms with E-state index in [9.17, 15) is 0 Å². The van der Waals surface area contributed by atoms with E-state index in [0.29, 0.717) is 40.6 Å². The molecule has 0 bridgehead atoms. The molecule has 1 aromatic rings. The normalized spacial score (nSPS) is 22.9. The van der Waals surface area contributed by atoms with Crippen molar-refractivity contribution in [3.63, 3.8) is 0 Å². The molecule has 1 fully saturated rings. The number of halogens is 1. The van der Waals surface area contributed by atoms with Crippen molar-refractivity contribution in [1.82, 2.24) is 15.3 Å². The number of ether oxygens (including phenoxy) is 1. The molecular formula is C14H17ClN5OS-. The van der Waals surface area contributed by atoms with E-state index >= 15 is 0 Å². The number of pyridine rings is 1. The number of fused-ring (bicyclic) bond motifs is 1. The third-order valence-electron chi connectivity index (χ3n) is 3.56. The molecule has 2 aliphatic heterocycles. The minimum Gasteiger partial charge on any atom is -0.657 e. The van der Waals surface area contributed by atoms with Gasteiger partial charge in [0.05, 0.1) is 17.3 Å². The molecule has 0 saturated carbocycles. The van der Waals surface area contributed by atoms with Crippen LogP contribution in [0.15, 0.2) is 17.4 Å². The summed E-state index contributed by atoms with van der Waals surface area (Å²) >= 11 is 11.3. The lowest BCUT2D eigenvalue weighted by atomic mass is 10.1. The second-order valence-corrected chi connectivity index (χ2v) is 6.10. The van der Waals surface area contributed by atoms with Crippen molar-refractivity contribution >= 4 is 34.6 Å². The maximum atomic E-state index is 5.93. The first-order valence-corrected chi connectivity index (χ1v) is 7.99. The highest BCUT2D eigenvalue weighted by Gasteiger charge is 2.19. The molecule has 0 radical (unpaired) electrons. The van der Waals surface area contributed by atoms with Crippen LogP contribution in [0.2, 0.25) is 5.02 Å². The van der Waals surface area contributed by atoms with Crippen LogP contribution >= 0.6 is 23.8 Å². The number of nitrogens with zero attached hydrogens (tertiary/aromatic N) is 4. The van der Waals surface area contributed by atoms with Crippen LogP contribution in [0.5, 0.6) is 5.75 Å². The molecule has 118 valence electrons. The maximum Gasteiger partial charge on any atom is 0.189 e. The van der Waals surface area contributed by atoms with Gasteiger partial charge in [0.2, 0.25) is 0 Å². The van der Waals surface area contributed by atoms with Crippen molar-refractivity contribution in [2.75, 3.05) is 26.2 Å². The van der Waals surface area contributed by atoms with E-state index in [1.165, 1.54) is 0 Å². The summed E-state index contributed by atoms with van der Waals surface area (Å²) in [7, 11) is 0. The second kappa shape index (κ2) is 6.76. The molecule has 1 saturated heterocycles. The summed E-state index contributed by atoms with van der Waals surface area (Å²) in [6.45, 7) is 5.10. The van der Waals surface area contributed by atoms with Gasteiger partial charge in [0.25, 0.3) is 0 Å². The molecule has 1 atom stereocenters. The van der Waals surface area contributed by atoms with Gasteiger partial charge in [-0.1, -0.05) is 18.5 Å². The number of hydrazone groups is 1. The second-order valence-electron chi connectivity index (χ2n) is 5.28. The third kappa shape index (κ3) is 3.48. The van der Waals surface area contributed by atoms with Gasteiger partial charge in [-0.15, -0.1) is 12.6 Å². The van der Waals surface area contributed by atoms with E-state index in [0.717, 1.165) is 25.3 Å². The van der Waals surface area contributed by atoms with Crippen LogP contribution in [0.25, 0.3) is 5.32 Å².